The van der Waals surface area contributed by atoms with Crippen molar-refractivity contribution in [1.82, 2.24) is 5.32 Å². The largest absolute Gasteiger partial charge is 0.496 e. The van der Waals surface area contributed by atoms with Gasteiger partial charge in [-0.3, -0.25) is 10.1 Å². The predicted octanol–water partition coefficient (Wildman–Crippen LogP) is 2.35. The summed E-state index contributed by atoms with van der Waals surface area (Å²) in [7, 11) is 1.58. The second-order valence-corrected chi connectivity index (χ2v) is 4.86. The summed E-state index contributed by atoms with van der Waals surface area (Å²) in [6.45, 7) is 3.81. The van der Waals surface area contributed by atoms with Gasteiger partial charge in [-0.15, -0.1) is 0 Å². The number of nitro benzene ring substituents is 1. The van der Waals surface area contributed by atoms with Gasteiger partial charge in [-0.05, 0) is 30.9 Å². The van der Waals surface area contributed by atoms with E-state index in [-0.39, 0.29) is 10.6 Å². The molecule has 0 heterocycles. The maximum Gasteiger partial charge on any atom is 0.270 e. The van der Waals surface area contributed by atoms with Gasteiger partial charge in [0.05, 0.1) is 12.0 Å². The smallest absolute Gasteiger partial charge is 0.270 e. The Morgan fingerprint density at radius 3 is 2.83 bits per heavy atom. The topological polar surface area (TPSA) is 64.4 Å². The zero-order valence-electron chi connectivity index (χ0n) is 10.7. The Kier molecular flexibility index (Phi) is 3.81. The van der Waals surface area contributed by atoms with Crippen molar-refractivity contribution in [2.24, 2.45) is 11.8 Å². The van der Waals surface area contributed by atoms with Crippen molar-refractivity contribution in [1.29, 1.82) is 0 Å². The Balaban J connectivity index is 1.99. The van der Waals surface area contributed by atoms with Gasteiger partial charge in [0.1, 0.15) is 5.75 Å². The second kappa shape index (κ2) is 5.35. The SMILES string of the molecule is COc1ccc([N+](=O)[O-])cc1CNCC1CC1C. The minimum absolute atomic E-state index is 0.104. The number of rotatable bonds is 6. The summed E-state index contributed by atoms with van der Waals surface area (Å²) in [6, 6.07) is 4.68. The predicted molar refractivity (Wildman–Crippen MR) is 68.6 cm³/mol. The zero-order valence-corrected chi connectivity index (χ0v) is 10.7. The summed E-state index contributed by atoms with van der Waals surface area (Å²) in [5.41, 5.74) is 0.937. The van der Waals surface area contributed by atoms with E-state index in [4.69, 9.17) is 4.74 Å². The molecule has 1 aromatic rings. The molecule has 1 aliphatic rings. The van der Waals surface area contributed by atoms with Gasteiger partial charge in [-0.25, -0.2) is 0 Å². The fourth-order valence-electron chi connectivity index (χ4n) is 2.09. The van der Waals surface area contributed by atoms with Crippen molar-refractivity contribution >= 4 is 5.69 Å². The number of hydrogen-bond donors (Lipinski definition) is 1. The van der Waals surface area contributed by atoms with Crippen LogP contribution in [0.3, 0.4) is 0 Å². The van der Waals surface area contributed by atoms with Crippen LogP contribution in [0.1, 0.15) is 18.9 Å². The van der Waals surface area contributed by atoms with Gasteiger partial charge in [0.2, 0.25) is 0 Å². The lowest BCUT2D eigenvalue weighted by Crippen LogP contribution is -2.17. The van der Waals surface area contributed by atoms with Crippen LogP contribution in [0.15, 0.2) is 18.2 Å². The van der Waals surface area contributed by atoms with E-state index in [1.54, 1.807) is 19.2 Å². The number of nitrogens with zero attached hydrogens (tertiary/aromatic N) is 1. The van der Waals surface area contributed by atoms with E-state index in [2.05, 4.69) is 12.2 Å². The Bertz CT molecular complexity index is 448. The first kappa shape index (κ1) is 12.8. The minimum atomic E-state index is -0.383. The molecule has 5 nitrogen and oxygen atoms in total. The number of methoxy groups -OCH3 is 1. The Morgan fingerprint density at radius 2 is 2.28 bits per heavy atom. The van der Waals surface area contributed by atoms with Crippen LogP contribution < -0.4 is 10.1 Å². The third-order valence-corrected chi connectivity index (χ3v) is 3.47. The van der Waals surface area contributed by atoms with Gasteiger partial charge in [-0.2, -0.15) is 0 Å². The molecule has 1 saturated carbocycles. The van der Waals surface area contributed by atoms with Crippen LogP contribution in [0.25, 0.3) is 0 Å². The summed E-state index contributed by atoms with van der Waals surface area (Å²) in [4.78, 5) is 10.3. The molecule has 5 heteroatoms. The number of nitrogens with one attached hydrogen (secondary N) is 1. The normalized spacial score (nSPS) is 21.7. The summed E-state index contributed by atoms with van der Waals surface area (Å²) >= 11 is 0. The van der Waals surface area contributed by atoms with E-state index in [0.29, 0.717) is 12.3 Å². The van der Waals surface area contributed by atoms with E-state index < -0.39 is 0 Å². The lowest BCUT2D eigenvalue weighted by atomic mass is 10.1. The standard InChI is InChI=1S/C13H18N2O3/c1-9-5-10(9)7-14-8-11-6-12(15(16)17)3-4-13(11)18-2/h3-4,6,9-10,14H,5,7-8H2,1-2H3. The van der Waals surface area contributed by atoms with Crippen molar-refractivity contribution in [3.05, 3.63) is 33.9 Å². The van der Waals surface area contributed by atoms with Gasteiger partial charge in [0.25, 0.3) is 5.69 Å². The summed E-state index contributed by atoms with van der Waals surface area (Å²) in [6.07, 6.45) is 1.28. The van der Waals surface area contributed by atoms with E-state index in [1.807, 2.05) is 0 Å². The molecule has 98 valence electrons. The quantitative estimate of drug-likeness (QED) is 0.621. The van der Waals surface area contributed by atoms with Crippen molar-refractivity contribution < 1.29 is 9.66 Å². The number of non-ortho nitro benzene ring substituents is 1. The molecular weight excluding hydrogens is 232 g/mol. The van der Waals surface area contributed by atoms with E-state index >= 15 is 0 Å². The van der Waals surface area contributed by atoms with Crippen LogP contribution in [-0.4, -0.2) is 18.6 Å². The number of benzene rings is 1. The van der Waals surface area contributed by atoms with Crippen molar-refractivity contribution in [3.8, 4) is 5.75 Å². The fraction of sp³-hybridized carbons (Fsp3) is 0.538. The highest BCUT2D eigenvalue weighted by molar-refractivity contribution is 5.43. The number of ether oxygens (including phenoxy) is 1. The molecule has 0 aromatic heterocycles. The van der Waals surface area contributed by atoms with Crippen LogP contribution in [0.4, 0.5) is 5.69 Å². The van der Waals surface area contributed by atoms with E-state index in [9.17, 15) is 10.1 Å². The maximum atomic E-state index is 10.7. The molecule has 0 spiro atoms. The average Bonchev–Trinajstić information content (AvgIpc) is 3.05. The Labute approximate surface area is 106 Å². The van der Waals surface area contributed by atoms with Crippen molar-refractivity contribution in [3.63, 3.8) is 0 Å². The monoisotopic (exact) mass is 250 g/mol. The number of hydrogen-bond acceptors (Lipinski definition) is 4. The van der Waals surface area contributed by atoms with Crippen LogP contribution >= 0.6 is 0 Å². The molecule has 1 aliphatic carbocycles. The summed E-state index contributed by atoms with van der Waals surface area (Å²) in [5.74, 6) is 2.26. The van der Waals surface area contributed by atoms with Crippen molar-refractivity contribution in [2.75, 3.05) is 13.7 Å². The highest BCUT2D eigenvalue weighted by atomic mass is 16.6. The Morgan fingerprint density at radius 1 is 1.56 bits per heavy atom. The third-order valence-electron chi connectivity index (χ3n) is 3.47. The molecule has 1 N–H and O–H groups in total. The number of nitro groups is 1. The second-order valence-electron chi connectivity index (χ2n) is 4.86. The average molecular weight is 250 g/mol. The highest BCUT2D eigenvalue weighted by Gasteiger charge is 2.31. The molecule has 1 fully saturated rings. The molecule has 2 unspecified atom stereocenters. The first-order chi connectivity index (χ1) is 8.61. The molecule has 2 rings (SSSR count). The fourth-order valence-corrected chi connectivity index (χ4v) is 2.09. The van der Waals surface area contributed by atoms with Gasteiger partial charge < -0.3 is 10.1 Å². The molecule has 18 heavy (non-hydrogen) atoms. The van der Waals surface area contributed by atoms with Crippen LogP contribution in [0.2, 0.25) is 0 Å². The van der Waals surface area contributed by atoms with E-state index in [1.165, 1.54) is 12.5 Å². The first-order valence-electron chi connectivity index (χ1n) is 6.14. The minimum Gasteiger partial charge on any atom is -0.496 e. The van der Waals surface area contributed by atoms with E-state index in [0.717, 1.165) is 23.9 Å². The molecular formula is C13H18N2O3. The lowest BCUT2D eigenvalue weighted by molar-refractivity contribution is -0.384. The molecule has 2 atom stereocenters. The molecule has 0 bridgehead atoms. The lowest BCUT2D eigenvalue weighted by Gasteiger charge is -2.09. The molecule has 0 amide bonds. The van der Waals surface area contributed by atoms with Crippen LogP contribution in [0.5, 0.6) is 5.75 Å². The Hall–Kier alpha value is -1.62. The molecule has 0 saturated heterocycles. The van der Waals surface area contributed by atoms with Crippen LogP contribution in [-0.2, 0) is 6.54 Å². The van der Waals surface area contributed by atoms with Gasteiger partial charge in [0.15, 0.2) is 0 Å². The highest BCUT2D eigenvalue weighted by Crippen LogP contribution is 2.36. The van der Waals surface area contributed by atoms with Gasteiger partial charge in [-0.1, -0.05) is 6.92 Å². The summed E-state index contributed by atoms with van der Waals surface area (Å²) < 4.78 is 5.21. The van der Waals surface area contributed by atoms with Gasteiger partial charge >= 0.3 is 0 Å². The van der Waals surface area contributed by atoms with Crippen molar-refractivity contribution in [2.45, 2.75) is 19.9 Å². The molecule has 0 radical (unpaired) electrons. The maximum absolute atomic E-state index is 10.7. The first-order valence-corrected chi connectivity index (χ1v) is 6.14. The zero-order chi connectivity index (χ0) is 13.1. The summed E-state index contributed by atoms with van der Waals surface area (Å²) in [5, 5.41) is 14.1. The third kappa shape index (κ3) is 2.98. The van der Waals surface area contributed by atoms with Crippen LogP contribution in [0, 0.1) is 22.0 Å². The molecule has 1 aromatic carbocycles. The van der Waals surface area contributed by atoms with Gasteiger partial charge in [0, 0.05) is 24.2 Å². The molecule has 0 aliphatic heterocycles.